The van der Waals surface area contributed by atoms with Crippen molar-refractivity contribution in [3.63, 3.8) is 0 Å². The Morgan fingerprint density at radius 1 is 1.06 bits per heavy atom. The molecule has 0 aromatic heterocycles. The fourth-order valence-electron chi connectivity index (χ4n) is 4.23. The van der Waals surface area contributed by atoms with Gasteiger partial charge in [-0.2, -0.15) is 0 Å². The summed E-state index contributed by atoms with van der Waals surface area (Å²) in [6.45, 7) is -0.290. The number of carbonyl (C=O) groups excluding carboxylic acids is 2. The van der Waals surface area contributed by atoms with E-state index < -0.39 is 34.7 Å². The van der Waals surface area contributed by atoms with Crippen LogP contribution < -0.4 is 10.1 Å². The van der Waals surface area contributed by atoms with Crippen LogP contribution in [0.1, 0.15) is 32.6 Å². The van der Waals surface area contributed by atoms with Gasteiger partial charge >= 0.3 is 5.97 Å². The molecule has 1 spiro atoms. The number of phenolic OH excluding ortho intramolecular Hbond substituents is 2. The maximum Gasteiger partial charge on any atom is 0.340 e. The molecule has 5 rings (SSSR count). The predicted molar refractivity (Wildman–Crippen MR) is 119 cm³/mol. The average Bonchev–Trinajstić information content (AvgIpc) is 3.10. The van der Waals surface area contributed by atoms with Gasteiger partial charge in [0, 0.05) is 11.6 Å². The van der Waals surface area contributed by atoms with E-state index in [-0.39, 0.29) is 50.6 Å². The lowest BCUT2D eigenvalue weighted by molar-refractivity contribution is -0.118. The number of fused-ring (bicyclic) bond motifs is 6. The van der Waals surface area contributed by atoms with Gasteiger partial charge in [0.05, 0.1) is 33.2 Å². The number of hydrogen-bond acceptors (Lipinski definition) is 6. The minimum atomic E-state index is -1.80. The lowest BCUT2D eigenvalue weighted by atomic mass is 9.76. The zero-order valence-corrected chi connectivity index (χ0v) is 18.8. The van der Waals surface area contributed by atoms with E-state index in [0.29, 0.717) is 5.56 Å². The number of hydrogen-bond donors (Lipinski definition) is 3. The van der Waals surface area contributed by atoms with Gasteiger partial charge in [0.15, 0.2) is 28.7 Å². The quantitative estimate of drug-likeness (QED) is 0.252. The molecule has 2 heterocycles. The fraction of sp³-hybridized carbons (Fsp3) is 0.130. The number of carbonyl (C=O) groups is 2. The highest BCUT2D eigenvalue weighted by molar-refractivity contribution is 14.1. The van der Waals surface area contributed by atoms with Crippen LogP contribution in [0.5, 0.6) is 23.0 Å². The van der Waals surface area contributed by atoms with Gasteiger partial charge in [0.1, 0.15) is 11.5 Å². The van der Waals surface area contributed by atoms with Crippen LogP contribution in [0.25, 0.3) is 0 Å². The summed E-state index contributed by atoms with van der Waals surface area (Å²) >= 11 is 1.85. The standard InChI is InChI=1S/C23H14F2INO6/c24-15-5-13-18(7-17(15)28)32-21-11(9-27-19(29)8-26)20(30)16(25)6-14(21)23(13)12-4-2-1-3-10(12)22(31)33-23/h1-7,28,30H,8-9H2,(H,27,29). The number of phenols is 2. The lowest BCUT2D eigenvalue weighted by Gasteiger charge is -2.37. The molecule has 0 saturated heterocycles. The van der Waals surface area contributed by atoms with Crippen LogP contribution in [-0.2, 0) is 21.7 Å². The molecule has 1 atom stereocenters. The molecule has 1 unspecified atom stereocenters. The summed E-state index contributed by atoms with van der Waals surface area (Å²) in [6.07, 6.45) is 0. The van der Waals surface area contributed by atoms with Gasteiger partial charge in [-0.05, 0) is 18.2 Å². The number of aromatic hydroxyl groups is 2. The molecule has 0 radical (unpaired) electrons. The van der Waals surface area contributed by atoms with Crippen LogP contribution in [0.2, 0.25) is 0 Å². The molecule has 10 heteroatoms. The van der Waals surface area contributed by atoms with E-state index in [1.54, 1.807) is 18.2 Å². The van der Waals surface area contributed by atoms with E-state index in [4.69, 9.17) is 9.47 Å². The first-order valence-electron chi connectivity index (χ1n) is 9.69. The van der Waals surface area contributed by atoms with Crippen LogP contribution in [0, 0.1) is 11.6 Å². The van der Waals surface area contributed by atoms with Gasteiger partial charge < -0.3 is 25.0 Å². The Balaban J connectivity index is 1.85. The third-order valence-corrected chi connectivity index (χ3v) is 6.37. The Bertz CT molecular complexity index is 1360. The maximum absolute atomic E-state index is 14.9. The normalized spacial score (nSPS) is 17.6. The fourth-order valence-corrected chi connectivity index (χ4v) is 4.50. The van der Waals surface area contributed by atoms with Crippen molar-refractivity contribution >= 4 is 34.5 Å². The molecule has 0 bridgehead atoms. The number of esters is 1. The molecule has 3 aromatic carbocycles. The number of benzene rings is 3. The first-order chi connectivity index (χ1) is 15.8. The second-order valence-electron chi connectivity index (χ2n) is 7.49. The summed E-state index contributed by atoms with van der Waals surface area (Å²) in [5.74, 6) is -4.72. The van der Waals surface area contributed by atoms with Crippen molar-refractivity contribution in [1.82, 2.24) is 5.32 Å². The molecule has 2 aliphatic heterocycles. The summed E-state index contributed by atoms with van der Waals surface area (Å²) in [6, 6.07) is 9.31. The van der Waals surface area contributed by atoms with Crippen molar-refractivity contribution < 1.29 is 38.1 Å². The molecular weight excluding hydrogens is 551 g/mol. The Morgan fingerprint density at radius 2 is 1.79 bits per heavy atom. The molecule has 0 fully saturated rings. The third kappa shape index (κ3) is 3.04. The van der Waals surface area contributed by atoms with Crippen molar-refractivity contribution in [2.24, 2.45) is 0 Å². The van der Waals surface area contributed by atoms with Crippen molar-refractivity contribution in [1.29, 1.82) is 0 Å². The number of ether oxygens (including phenoxy) is 2. The number of alkyl halides is 1. The summed E-state index contributed by atoms with van der Waals surface area (Å²) < 4.78 is 41.2. The molecular formula is C23H14F2INO6. The van der Waals surface area contributed by atoms with Crippen molar-refractivity contribution in [2.45, 2.75) is 12.1 Å². The van der Waals surface area contributed by atoms with Crippen LogP contribution in [0.15, 0.2) is 42.5 Å². The summed E-state index contributed by atoms with van der Waals surface area (Å²) in [7, 11) is 0. The number of rotatable bonds is 3. The van der Waals surface area contributed by atoms with Crippen LogP contribution in [0.4, 0.5) is 8.78 Å². The lowest BCUT2D eigenvalue weighted by Crippen LogP contribution is -2.34. The van der Waals surface area contributed by atoms with Gasteiger partial charge in [0.25, 0.3) is 0 Å². The Morgan fingerprint density at radius 3 is 2.55 bits per heavy atom. The van der Waals surface area contributed by atoms with Crippen molar-refractivity contribution in [3.05, 3.63) is 81.9 Å². The van der Waals surface area contributed by atoms with E-state index in [0.717, 1.165) is 18.2 Å². The molecule has 0 saturated carbocycles. The highest BCUT2D eigenvalue weighted by Gasteiger charge is 2.54. The highest BCUT2D eigenvalue weighted by Crippen LogP contribution is 2.58. The van der Waals surface area contributed by atoms with E-state index in [9.17, 15) is 28.6 Å². The van der Waals surface area contributed by atoms with Crippen LogP contribution in [-0.4, -0.2) is 26.5 Å². The molecule has 3 aromatic rings. The van der Waals surface area contributed by atoms with Crippen LogP contribution in [0.3, 0.4) is 0 Å². The van der Waals surface area contributed by atoms with Gasteiger partial charge in [0.2, 0.25) is 5.91 Å². The zero-order chi connectivity index (χ0) is 23.5. The molecule has 168 valence electrons. The number of nitrogens with one attached hydrogen (secondary N) is 1. The molecule has 3 N–H and O–H groups in total. The number of halogens is 3. The molecule has 7 nitrogen and oxygen atoms in total. The second kappa shape index (κ2) is 7.58. The SMILES string of the molecule is O=C(CI)NCc1c(O)c(F)cc2c1Oc1cc(O)c(F)cc1C21OC(=O)c2ccccc21. The van der Waals surface area contributed by atoms with Gasteiger partial charge in [-0.15, -0.1) is 0 Å². The summed E-state index contributed by atoms with van der Waals surface area (Å²) in [5, 5.41) is 22.9. The maximum atomic E-state index is 14.9. The number of amides is 1. The van der Waals surface area contributed by atoms with E-state index in [1.165, 1.54) is 6.07 Å². The van der Waals surface area contributed by atoms with Gasteiger partial charge in [-0.1, -0.05) is 40.8 Å². The van der Waals surface area contributed by atoms with E-state index in [2.05, 4.69) is 5.32 Å². The largest absolute Gasteiger partial charge is 0.505 e. The van der Waals surface area contributed by atoms with E-state index >= 15 is 0 Å². The Hall–Kier alpha value is -3.41. The highest BCUT2D eigenvalue weighted by atomic mass is 127. The summed E-state index contributed by atoms with van der Waals surface area (Å²) in [4.78, 5) is 24.6. The van der Waals surface area contributed by atoms with E-state index in [1.807, 2.05) is 22.6 Å². The van der Waals surface area contributed by atoms with Gasteiger partial charge in [-0.3, -0.25) is 4.79 Å². The van der Waals surface area contributed by atoms with Gasteiger partial charge in [-0.25, -0.2) is 13.6 Å². The van der Waals surface area contributed by atoms with Crippen LogP contribution >= 0.6 is 22.6 Å². The molecule has 33 heavy (non-hydrogen) atoms. The zero-order valence-electron chi connectivity index (χ0n) is 16.6. The molecule has 1 amide bonds. The van der Waals surface area contributed by atoms with Crippen molar-refractivity contribution in [2.75, 3.05) is 4.43 Å². The Kier molecular flexibility index (Phi) is 4.92. The molecule has 0 aliphatic carbocycles. The monoisotopic (exact) mass is 565 g/mol. The average molecular weight is 565 g/mol. The topological polar surface area (TPSA) is 105 Å². The minimum absolute atomic E-state index is 0.00686. The second-order valence-corrected chi connectivity index (χ2v) is 8.25. The first kappa shape index (κ1) is 21.4. The smallest absolute Gasteiger partial charge is 0.340 e. The first-order valence-corrected chi connectivity index (χ1v) is 11.2. The predicted octanol–water partition coefficient (Wildman–Crippen LogP) is 4.00. The Labute approximate surface area is 199 Å². The third-order valence-electron chi connectivity index (χ3n) is 5.68. The molecule has 2 aliphatic rings. The minimum Gasteiger partial charge on any atom is -0.505 e. The summed E-state index contributed by atoms with van der Waals surface area (Å²) in [5.41, 5.74) is -1.35. The van der Waals surface area contributed by atoms with Crippen molar-refractivity contribution in [3.8, 4) is 23.0 Å².